The zero-order valence-corrected chi connectivity index (χ0v) is 25.3. The Morgan fingerprint density at radius 2 is 1.82 bits per heavy atom. The topological polar surface area (TPSA) is 113 Å². The number of para-hydroxylation sites is 1. The van der Waals surface area contributed by atoms with E-state index in [0.29, 0.717) is 25.3 Å². The third-order valence-corrected chi connectivity index (χ3v) is 8.90. The summed E-state index contributed by atoms with van der Waals surface area (Å²) in [7, 11) is 0. The van der Waals surface area contributed by atoms with Gasteiger partial charge in [-0.25, -0.2) is 4.79 Å². The van der Waals surface area contributed by atoms with Gasteiger partial charge in [0.1, 0.15) is 12.1 Å². The Morgan fingerprint density at radius 1 is 1.04 bits per heavy atom. The van der Waals surface area contributed by atoms with Gasteiger partial charge in [0.25, 0.3) is 0 Å². The summed E-state index contributed by atoms with van der Waals surface area (Å²) in [6.45, 7) is 6.41. The summed E-state index contributed by atoms with van der Waals surface area (Å²) < 4.78 is 18.2. The average Bonchev–Trinajstić information content (AvgIpc) is 3.39. The molecule has 236 valence electrons. The van der Waals surface area contributed by atoms with E-state index in [4.69, 9.17) is 14.2 Å². The first-order valence-corrected chi connectivity index (χ1v) is 15.5. The second kappa shape index (κ2) is 13.8. The van der Waals surface area contributed by atoms with E-state index in [1.54, 1.807) is 6.07 Å². The van der Waals surface area contributed by atoms with Crippen LogP contribution in [-0.4, -0.2) is 66.6 Å². The van der Waals surface area contributed by atoms with Crippen LogP contribution in [0.25, 0.3) is 0 Å². The number of hydrogen-bond acceptors (Lipinski definition) is 8. The van der Waals surface area contributed by atoms with Crippen molar-refractivity contribution in [3.63, 3.8) is 0 Å². The summed E-state index contributed by atoms with van der Waals surface area (Å²) in [5.74, 6) is 0.0987. The van der Waals surface area contributed by atoms with E-state index >= 15 is 0 Å². The zero-order chi connectivity index (χ0) is 31.2. The molecule has 3 aromatic rings. The van der Waals surface area contributed by atoms with E-state index in [9.17, 15) is 14.7 Å². The highest BCUT2D eigenvalue weighted by molar-refractivity contribution is 5.93. The van der Waals surface area contributed by atoms with E-state index in [1.807, 2.05) is 60.7 Å². The van der Waals surface area contributed by atoms with E-state index in [0.717, 1.165) is 48.3 Å². The number of hydrogen-bond donors (Lipinski definition) is 3. The van der Waals surface area contributed by atoms with Gasteiger partial charge in [0, 0.05) is 43.0 Å². The lowest BCUT2D eigenvalue weighted by Crippen LogP contribution is -2.57. The molecule has 10 nitrogen and oxygen atoms in total. The van der Waals surface area contributed by atoms with Crippen LogP contribution in [0, 0.1) is 0 Å². The number of piperidine rings is 1. The normalized spacial score (nSPS) is 23.0. The standard InChI is InChI=1S/C35H40N4O6/c1-2-19-43-34(42)37-28-8-6-7-27(20-28)32-44-30(21-31(45-32)26-13-11-25(23-40)12-14-26)22-38-17-15-35(16-18-38)33(41)36-24-39(35)29-9-4-3-5-10-29/h2-14,20,30-32,40H,1,15-19,21-24H2,(H,36,41)(H,37,42). The molecule has 0 saturated carbocycles. The molecule has 0 radical (unpaired) electrons. The summed E-state index contributed by atoms with van der Waals surface area (Å²) in [4.78, 5) is 29.9. The molecular formula is C35H40N4O6. The van der Waals surface area contributed by atoms with Gasteiger partial charge in [-0.1, -0.05) is 67.3 Å². The third-order valence-electron chi connectivity index (χ3n) is 8.90. The minimum absolute atomic E-state index is 0.0225. The predicted octanol–water partition coefficient (Wildman–Crippen LogP) is 4.89. The number of nitrogens with zero attached hydrogens (tertiary/aromatic N) is 2. The number of carbonyl (C=O) groups is 2. The summed E-state index contributed by atoms with van der Waals surface area (Å²) in [6, 6.07) is 25.3. The molecule has 0 aliphatic carbocycles. The molecule has 1 spiro atoms. The molecule has 0 bridgehead atoms. The monoisotopic (exact) mass is 612 g/mol. The number of carbonyl (C=O) groups excluding carboxylic acids is 2. The molecule has 3 aliphatic heterocycles. The fourth-order valence-electron chi connectivity index (χ4n) is 6.51. The fourth-order valence-corrected chi connectivity index (χ4v) is 6.51. The molecule has 3 fully saturated rings. The van der Waals surface area contributed by atoms with Crippen molar-refractivity contribution in [2.45, 2.75) is 49.9 Å². The number of rotatable bonds is 9. The van der Waals surface area contributed by atoms with Crippen molar-refractivity contribution in [2.75, 3.05) is 43.1 Å². The molecule has 3 heterocycles. The highest BCUT2D eigenvalue weighted by Crippen LogP contribution is 2.40. The first-order chi connectivity index (χ1) is 22.0. The van der Waals surface area contributed by atoms with Crippen LogP contribution in [-0.2, 0) is 25.6 Å². The Hall–Kier alpha value is -4.22. The molecule has 0 aromatic heterocycles. The van der Waals surface area contributed by atoms with Gasteiger partial charge in [-0.15, -0.1) is 0 Å². The van der Waals surface area contributed by atoms with E-state index < -0.39 is 17.9 Å². The minimum Gasteiger partial charge on any atom is -0.445 e. The smallest absolute Gasteiger partial charge is 0.411 e. The Morgan fingerprint density at radius 3 is 2.56 bits per heavy atom. The fraction of sp³-hybridized carbons (Fsp3) is 0.371. The van der Waals surface area contributed by atoms with Crippen molar-refractivity contribution in [3.8, 4) is 0 Å². The van der Waals surface area contributed by atoms with Crippen molar-refractivity contribution in [2.24, 2.45) is 0 Å². The van der Waals surface area contributed by atoms with Gasteiger partial charge in [-0.3, -0.25) is 10.1 Å². The summed E-state index contributed by atoms with van der Waals surface area (Å²) >= 11 is 0. The number of ether oxygens (including phenoxy) is 3. The first kappa shape index (κ1) is 30.8. The molecule has 2 amide bonds. The molecule has 3 unspecified atom stereocenters. The maximum Gasteiger partial charge on any atom is 0.411 e. The number of benzene rings is 3. The molecular weight excluding hydrogens is 572 g/mol. The molecule has 3 aromatic carbocycles. The lowest BCUT2D eigenvalue weighted by molar-refractivity contribution is -0.253. The van der Waals surface area contributed by atoms with Gasteiger partial charge in [0.05, 0.1) is 25.5 Å². The summed E-state index contributed by atoms with van der Waals surface area (Å²) in [5.41, 5.74) is 3.69. The van der Waals surface area contributed by atoms with E-state index in [2.05, 4.69) is 39.1 Å². The molecule has 3 saturated heterocycles. The van der Waals surface area contributed by atoms with Crippen LogP contribution in [0.15, 0.2) is 91.5 Å². The number of likely N-dealkylation sites (tertiary alicyclic amines) is 1. The second-order valence-electron chi connectivity index (χ2n) is 11.7. The predicted molar refractivity (Wildman–Crippen MR) is 170 cm³/mol. The second-order valence-corrected chi connectivity index (χ2v) is 11.7. The largest absolute Gasteiger partial charge is 0.445 e. The number of aliphatic hydroxyl groups is 1. The third kappa shape index (κ3) is 6.89. The maximum absolute atomic E-state index is 13.2. The van der Waals surface area contributed by atoms with Gasteiger partial charge in [0.15, 0.2) is 6.29 Å². The SMILES string of the molecule is C=CCOC(=O)Nc1cccc(C2OC(CN3CCC4(CC3)C(=O)NCN4c3ccccc3)CC(c3ccc(CO)cc3)O2)c1. The molecule has 45 heavy (non-hydrogen) atoms. The highest BCUT2D eigenvalue weighted by atomic mass is 16.7. The summed E-state index contributed by atoms with van der Waals surface area (Å²) in [5, 5.41) is 15.4. The Kier molecular flexibility index (Phi) is 9.46. The lowest BCUT2D eigenvalue weighted by Gasteiger charge is -2.45. The zero-order valence-electron chi connectivity index (χ0n) is 25.3. The van der Waals surface area contributed by atoms with Crippen molar-refractivity contribution in [1.29, 1.82) is 0 Å². The van der Waals surface area contributed by atoms with Gasteiger partial charge in [0.2, 0.25) is 5.91 Å². The molecule has 3 atom stereocenters. The number of aliphatic hydroxyl groups excluding tert-OH is 1. The van der Waals surface area contributed by atoms with Gasteiger partial charge in [-0.05, 0) is 48.2 Å². The number of anilines is 2. The van der Waals surface area contributed by atoms with Crippen molar-refractivity contribution < 1.29 is 28.9 Å². The average molecular weight is 613 g/mol. The molecule has 10 heteroatoms. The Bertz CT molecular complexity index is 1470. The van der Waals surface area contributed by atoms with Crippen LogP contribution in [0.5, 0.6) is 0 Å². The van der Waals surface area contributed by atoms with Crippen molar-refractivity contribution in [3.05, 3.63) is 108 Å². The van der Waals surface area contributed by atoms with Crippen molar-refractivity contribution >= 4 is 23.4 Å². The molecule has 6 rings (SSSR count). The highest BCUT2D eigenvalue weighted by Gasteiger charge is 2.50. The number of nitrogens with one attached hydrogen (secondary N) is 2. The van der Waals surface area contributed by atoms with Crippen LogP contribution in [0.2, 0.25) is 0 Å². The molecule has 3 aliphatic rings. The number of amides is 2. The minimum atomic E-state index is -0.664. The first-order valence-electron chi connectivity index (χ1n) is 15.5. The lowest BCUT2D eigenvalue weighted by atomic mass is 9.85. The van der Waals surface area contributed by atoms with Crippen LogP contribution in [0.3, 0.4) is 0 Å². The van der Waals surface area contributed by atoms with Gasteiger partial charge < -0.3 is 34.4 Å². The molecule has 3 N–H and O–H groups in total. The Labute approximate surface area is 263 Å². The van der Waals surface area contributed by atoms with Gasteiger partial charge >= 0.3 is 6.09 Å². The van der Waals surface area contributed by atoms with E-state index in [-0.39, 0.29) is 31.3 Å². The summed E-state index contributed by atoms with van der Waals surface area (Å²) in [6.07, 6.45) is 2.00. The van der Waals surface area contributed by atoms with Crippen LogP contribution >= 0.6 is 0 Å². The quantitative estimate of drug-likeness (QED) is 0.293. The van der Waals surface area contributed by atoms with Gasteiger partial charge in [-0.2, -0.15) is 0 Å². The maximum atomic E-state index is 13.2. The van der Waals surface area contributed by atoms with Crippen molar-refractivity contribution in [1.82, 2.24) is 10.2 Å². The Balaban J connectivity index is 1.17. The van der Waals surface area contributed by atoms with Crippen LogP contribution in [0.1, 0.15) is 48.3 Å². The van der Waals surface area contributed by atoms with E-state index in [1.165, 1.54) is 6.08 Å². The van der Waals surface area contributed by atoms with Crippen LogP contribution < -0.4 is 15.5 Å². The van der Waals surface area contributed by atoms with Crippen LogP contribution in [0.4, 0.5) is 16.2 Å².